The summed E-state index contributed by atoms with van der Waals surface area (Å²) in [5, 5.41) is 0. The van der Waals surface area contributed by atoms with Crippen molar-refractivity contribution in [2.75, 3.05) is 13.2 Å². The normalized spacial score (nSPS) is 12.5. The van der Waals surface area contributed by atoms with Crippen LogP contribution >= 0.6 is 0 Å². The van der Waals surface area contributed by atoms with E-state index < -0.39 is 6.10 Å². The average Bonchev–Trinajstić information content (AvgIpc) is 3.22. The molecule has 0 aromatic carbocycles. The summed E-state index contributed by atoms with van der Waals surface area (Å²) in [7, 11) is 0. The molecule has 0 aromatic heterocycles. The number of unbranched alkanes of at least 4 members (excludes halogenated alkanes) is 31. The van der Waals surface area contributed by atoms with Crippen LogP contribution < -0.4 is 0 Å². The second-order valence-electron chi connectivity index (χ2n) is 18.9. The van der Waals surface area contributed by atoms with E-state index in [-0.39, 0.29) is 31.1 Å². The van der Waals surface area contributed by atoms with Crippen LogP contribution in [0.1, 0.15) is 291 Å². The fourth-order valence-corrected chi connectivity index (χ4v) is 7.96. The third-order valence-corrected chi connectivity index (χ3v) is 12.3. The van der Waals surface area contributed by atoms with Gasteiger partial charge in [-0.1, -0.05) is 253 Å². The maximum Gasteiger partial charge on any atom is 0.306 e. The van der Waals surface area contributed by atoms with E-state index in [0.717, 1.165) is 69.6 Å². The lowest BCUT2D eigenvalue weighted by Crippen LogP contribution is -2.30. The Morgan fingerprint density at radius 1 is 0.356 bits per heavy atom. The smallest absolute Gasteiger partial charge is 0.306 e. The highest BCUT2D eigenvalue weighted by Crippen LogP contribution is 2.18. The third kappa shape index (κ3) is 45.8. The molecule has 6 heteroatoms. The van der Waals surface area contributed by atoms with E-state index in [9.17, 15) is 14.4 Å². The van der Waals surface area contributed by atoms with Gasteiger partial charge in [0.05, 0.1) is 0 Å². The second kappa shape index (κ2) is 45.9. The minimum atomic E-state index is -0.761. The highest BCUT2D eigenvalue weighted by atomic mass is 16.6. The topological polar surface area (TPSA) is 78.9 Å². The summed E-state index contributed by atoms with van der Waals surface area (Å²) in [6.07, 6.45) is 46.5. The zero-order valence-electron chi connectivity index (χ0n) is 40.4. The molecule has 0 aliphatic rings. The van der Waals surface area contributed by atoms with Gasteiger partial charge in [-0.05, 0) is 31.1 Å². The van der Waals surface area contributed by atoms with Crippen LogP contribution in [0.25, 0.3) is 0 Å². The lowest BCUT2D eigenvalue weighted by Gasteiger charge is -2.18. The zero-order valence-corrected chi connectivity index (χ0v) is 40.4. The predicted molar refractivity (Wildman–Crippen MR) is 252 cm³/mol. The summed E-state index contributed by atoms with van der Waals surface area (Å²) in [6, 6.07) is 0. The van der Waals surface area contributed by atoms with Gasteiger partial charge in [0.1, 0.15) is 13.2 Å². The van der Waals surface area contributed by atoms with E-state index in [4.69, 9.17) is 14.2 Å². The fourth-order valence-electron chi connectivity index (χ4n) is 7.96. The summed E-state index contributed by atoms with van der Waals surface area (Å²) in [6.45, 7) is 11.4. The maximum atomic E-state index is 12.7. The Morgan fingerprint density at radius 2 is 0.644 bits per heavy atom. The molecular formula is C53H102O6. The second-order valence-corrected chi connectivity index (χ2v) is 18.9. The summed E-state index contributed by atoms with van der Waals surface area (Å²) < 4.78 is 16.8. The number of esters is 3. The van der Waals surface area contributed by atoms with Crippen LogP contribution in [0.4, 0.5) is 0 Å². The molecule has 0 rings (SSSR count). The molecule has 0 spiro atoms. The number of carbonyl (C=O) groups is 3. The Morgan fingerprint density at radius 3 is 0.966 bits per heavy atom. The van der Waals surface area contributed by atoms with Crippen LogP contribution in [0, 0.1) is 11.8 Å². The Labute approximate surface area is 368 Å². The molecule has 350 valence electrons. The van der Waals surface area contributed by atoms with Gasteiger partial charge in [-0.25, -0.2) is 0 Å². The molecule has 0 bridgehead atoms. The number of carbonyl (C=O) groups excluding carboxylic acids is 3. The van der Waals surface area contributed by atoms with Crippen molar-refractivity contribution in [3.63, 3.8) is 0 Å². The Kier molecular flexibility index (Phi) is 44.7. The molecule has 0 fully saturated rings. The summed E-state index contributed by atoms with van der Waals surface area (Å²) >= 11 is 0. The molecular weight excluding hydrogens is 733 g/mol. The van der Waals surface area contributed by atoms with Crippen LogP contribution in [0.2, 0.25) is 0 Å². The molecule has 0 heterocycles. The molecule has 0 N–H and O–H groups in total. The minimum Gasteiger partial charge on any atom is -0.462 e. The maximum absolute atomic E-state index is 12.7. The molecule has 6 nitrogen and oxygen atoms in total. The standard InChI is InChI=1S/C53H102O6/c1-6-8-9-10-11-12-23-30-35-40-45-53(56)59-50(47-58-52(55)44-39-34-29-25-20-19-21-26-31-36-41-48(3)4)46-57-51(54)43-38-33-28-24-18-16-14-13-15-17-22-27-32-37-42-49(5)7-2/h48-50H,6-47H2,1-5H3/t49?,50-/m1/s1. The molecule has 0 saturated heterocycles. The molecule has 2 atom stereocenters. The van der Waals surface area contributed by atoms with Gasteiger partial charge in [-0.2, -0.15) is 0 Å². The monoisotopic (exact) mass is 835 g/mol. The number of ether oxygens (including phenoxy) is 3. The number of rotatable bonds is 47. The number of hydrogen-bond donors (Lipinski definition) is 0. The fraction of sp³-hybridized carbons (Fsp3) is 0.943. The van der Waals surface area contributed by atoms with Crippen LogP contribution in [0.5, 0.6) is 0 Å². The number of hydrogen-bond acceptors (Lipinski definition) is 6. The Bertz CT molecular complexity index is 902. The predicted octanol–water partition coefficient (Wildman–Crippen LogP) is 16.9. The lowest BCUT2D eigenvalue weighted by atomic mass is 9.99. The molecule has 0 saturated carbocycles. The van der Waals surface area contributed by atoms with Gasteiger partial charge in [0.25, 0.3) is 0 Å². The largest absolute Gasteiger partial charge is 0.462 e. The van der Waals surface area contributed by atoms with E-state index in [0.29, 0.717) is 19.3 Å². The van der Waals surface area contributed by atoms with Crippen molar-refractivity contribution in [3.8, 4) is 0 Å². The van der Waals surface area contributed by atoms with Crippen molar-refractivity contribution in [3.05, 3.63) is 0 Å². The molecule has 1 unspecified atom stereocenters. The van der Waals surface area contributed by atoms with Crippen LogP contribution in [-0.4, -0.2) is 37.2 Å². The first-order valence-electron chi connectivity index (χ1n) is 26.3. The zero-order chi connectivity index (χ0) is 43.3. The van der Waals surface area contributed by atoms with Crippen molar-refractivity contribution in [2.45, 2.75) is 298 Å². The van der Waals surface area contributed by atoms with Crippen molar-refractivity contribution in [1.29, 1.82) is 0 Å². The van der Waals surface area contributed by atoms with E-state index >= 15 is 0 Å². The summed E-state index contributed by atoms with van der Waals surface area (Å²) in [5.74, 6) is 0.865. The van der Waals surface area contributed by atoms with Crippen molar-refractivity contribution in [2.24, 2.45) is 11.8 Å². The lowest BCUT2D eigenvalue weighted by molar-refractivity contribution is -0.167. The van der Waals surface area contributed by atoms with Gasteiger partial charge >= 0.3 is 17.9 Å². The highest BCUT2D eigenvalue weighted by molar-refractivity contribution is 5.71. The quantitative estimate of drug-likeness (QED) is 0.0345. The first-order chi connectivity index (χ1) is 28.8. The van der Waals surface area contributed by atoms with Gasteiger partial charge in [0.15, 0.2) is 6.10 Å². The van der Waals surface area contributed by atoms with Crippen molar-refractivity contribution < 1.29 is 28.6 Å². The first kappa shape index (κ1) is 57.4. The van der Waals surface area contributed by atoms with Crippen molar-refractivity contribution in [1.82, 2.24) is 0 Å². The van der Waals surface area contributed by atoms with E-state index in [2.05, 4.69) is 34.6 Å². The van der Waals surface area contributed by atoms with Crippen LogP contribution in [0.3, 0.4) is 0 Å². The van der Waals surface area contributed by atoms with Gasteiger partial charge < -0.3 is 14.2 Å². The molecule has 0 amide bonds. The van der Waals surface area contributed by atoms with E-state index in [1.54, 1.807) is 0 Å². The van der Waals surface area contributed by atoms with Crippen LogP contribution in [-0.2, 0) is 28.6 Å². The molecule has 0 radical (unpaired) electrons. The highest BCUT2D eigenvalue weighted by Gasteiger charge is 2.19. The van der Waals surface area contributed by atoms with Gasteiger partial charge in [-0.3, -0.25) is 14.4 Å². The SMILES string of the molecule is CCCCCCCCCCCCC(=O)O[C@H](COC(=O)CCCCCCCCCCCCCCCCC(C)CC)COC(=O)CCCCCCCCCCCCC(C)C. The Balaban J connectivity index is 4.25. The molecule has 59 heavy (non-hydrogen) atoms. The minimum absolute atomic E-state index is 0.0636. The average molecular weight is 835 g/mol. The Hall–Kier alpha value is -1.59. The first-order valence-corrected chi connectivity index (χ1v) is 26.3. The van der Waals surface area contributed by atoms with Crippen LogP contribution in [0.15, 0.2) is 0 Å². The van der Waals surface area contributed by atoms with Gasteiger partial charge in [-0.15, -0.1) is 0 Å². The van der Waals surface area contributed by atoms with E-state index in [1.165, 1.54) is 180 Å². The molecule has 0 aromatic rings. The van der Waals surface area contributed by atoms with Gasteiger partial charge in [0, 0.05) is 19.3 Å². The molecule has 0 aliphatic carbocycles. The molecule has 0 aliphatic heterocycles. The van der Waals surface area contributed by atoms with E-state index in [1.807, 2.05) is 0 Å². The van der Waals surface area contributed by atoms with Crippen molar-refractivity contribution >= 4 is 17.9 Å². The third-order valence-electron chi connectivity index (χ3n) is 12.3. The summed E-state index contributed by atoms with van der Waals surface area (Å²) in [5.41, 5.74) is 0. The summed E-state index contributed by atoms with van der Waals surface area (Å²) in [4.78, 5) is 37.9. The van der Waals surface area contributed by atoms with Gasteiger partial charge in [0.2, 0.25) is 0 Å².